The van der Waals surface area contributed by atoms with E-state index in [1.165, 1.54) is 16.9 Å². The predicted octanol–water partition coefficient (Wildman–Crippen LogP) is 2.07. The second-order valence-electron chi connectivity index (χ2n) is 6.61. The van der Waals surface area contributed by atoms with Crippen LogP contribution in [0.25, 0.3) is 0 Å². The van der Waals surface area contributed by atoms with E-state index in [2.05, 4.69) is 15.3 Å². The van der Waals surface area contributed by atoms with Gasteiger partial charge in [-0.1, -0.05) is 0 Å². The number of aromatic nitrogens is 2. The maximum Gasteiger partial charge on any atom is 0.423 e. The number of rotatable bonds is 6. The molecular formula is C18H21F3N4O5S. The molecule has 1 saturated heterocycles. The zero-order valence-corrected chi connectivity index (χ0v) is 16.7. The number of halogens is 3. The highest BCUT2D eigenvalue weighted by Crippen LogP contribution is 2.36. The van der Waals surface area contributed by atoms with Gasteiger partial charge in [-0.3, -0.25) is 0 Å². The molecule has 13 heteroatoms. The lowest BCUT2D eigenvalue weighted by molar-refractivity contribution is -0.140. The second kappa shape index (κ2) is 9.34. The summed E-state index contributed by atoms with van der Waals surface area (Å²) in [6, 6.07) is 4.70. The maximum absolute atomic E-state index is 13.4. The van der Waals surface area contributed by atoms with Gasteiger partial charge in [0.2, 0.25) is 21.9 Å². The van der Waals surface area contributed by atoms with Crippen LogP contribution in [0.15, 0.2) is 35.4 Å². The average Bonchev–Trinajstić information content (AvgIpc) is 2.90. The van der Waals surface area contributed by atoms with Gasteiger partial charge in [-0.15, -0.1) is 0 Å². The van der Waals surface area contributed by atoms with Crippen molar-refractivity contribution in [3.8, 4) is 5.88 Å². The molecule has 0 radical (unpaired) electrons. The minimum absolute atomic E-state index is 0.0892. The number of alkyl halides is 3. The normalized spacial score (nSPS) is 22.0. The highest BCUT2D eigenvalue weighted by molar-refractivity contribution is 7.89. The Labute approximate surface area is 180 Å². The number of anilines is 2. The van der Waals surface area contributed by atoms with Gasteiger partial charge in [0.1, 0.15) is 17.8 Å². The van der Waals surface area contributed by atoms with Crippen molar-refractivity contribution in [2.45, 2.75) is 36.1 Å². The van der Waals surface area contributed by atoms with Crippen molar-refractivity contribution >= 4 is 21.7 Å². The molecule has 0 saturated carbocycles. The summed E-state index contributed by atoms with van der Waals surface area (Å²) < 4.78 is 97.6. The summed E-state index contributed by atoms with van der Waals surface area (Å²) in [5, 5.41) is 12.7. The van der Waals surface area contributed by atoms with E-state index >= 15 is 0 Å². The summed E-state index contributed by atoms with van der Waals surface area (Å²) in [5.74, 6) is -1.06. The highest BCUT2D eigenvalue weighted by atomic mass is 32.2. The van der Waals surface area contributed by atoms with Crippen molar-refractivity contribution in [2.24, 2.45) is 0 Å². The fraction of sp³-hybridized carbons (Fsp3) is 0.444. The summed E-state index contributed by atoms with van der Waals surface area (Å²) in [6.07, 6.45) is -5.67. The van der Waals surface area contributed by atoms with E-state index in [0.29, 0.717) is 19.2 Å². The first kappa shape index (κ1) is 19.2. The SMILES string of the molecule is [2H]C([2H])([2H])NS(=O)(=O)c1ccc(Nc2ncc(C(F)(F)F)c(OC3CCCOCC3O)n2)cc1. The van der Waals surface area contributed by atoms with Gasteiger partial charge in [-0.25, -0.2) is 18.1 Å². The quantitative estimate of drug-likeness (QED) is 0.593. The Morgan fingerprint density at radius 3 is 2.74 bits per heavy atom. The van der Waals surface area contributed by atoms with E-state index in [1.54, 1.807) is 0 Å². The summed E-state index contributed by atoms with van der Waals surface area (Å²) in [6.45, 7) is -2.67. The summed E-state index contributed by atoms with van der Waals surface area (Å²) in [7, 11) is -4.31. The molecule has 0 aliphatic carbocycles. The van der Waals surface area contributed by atoms with Crippen LogP contribution in [0.5, 0.6) is 5.88 Å². The van der Waals surface area contributed by atoms with Crippen molar-refractivity contribution in [3.05, 3.63) is 36.0 Å². The van der Waals surface area contributed by atoms with Crippen LogP contribution in [0.3, 0.4) is 0 Å². The number of benzene rings is 1. The first-order valence-corrected chi connectivity index (χ1v) is 10.5. The zero-order valence-electron chi connectivity index (χ0n) is 18.9. The molecule has 9 nitrogen and oxygen atoms in total. The van der Waals surface area contributed by atoms with Gasteiger partial charge in [-0.05, 0) is 44.1 Å². The third kappa shape index (κ3) is 5.81. The number of ether oxygens (including phenoxy) is 2. The predicted molar refractivity (Wildman–Crippen MR) is 103 cm³/mol. The Hall–Kier alpha value is -2.48. The standard InChI is InChI=1S/C18H21F3N4O5S/c1-22-31(27,28)12-6-4-11(5-7-12)24-17-23-9-13(18(19,20)21)16(25-17)30-15-3-2-8-29-10-14(15)26/h4-7,9,14-15,22,26H,2-3,8,10H2,1H3,(H,23,24,25)/i1D3. The number of aliphatic hydroxyl groups is 1. The Morgan fingerprint density at radius 2 is 2.06 bits per heavy atom. The number of sulfonamides is 1. The van der Waals surface area contributed by atoms with Crippen LogP contribution in [-0.4, -0.2) is 55.9 Å². The van der Waals surface area contributed by atoms with Gasteiger partial charge < -0.3 is 19.9 Å². The van der Waals surface area contributed by atoms with E-state index in [4.69, 9.17) is 13.6 Å². The van der Waals surface area contributed by atoms with Gasteiger partial charge >= 0.3 is 6.18 Å². The van der Waals surface area contributed by atoms with Crippen LogP contribution in [0.4, 0.5) is 24.8 Å². The van der Waals surface area contributed by atoms with Crippen molar-refractivity contribution in [2.75, 3.05) is 25.5 Å². The lowest BCUT2D eigenvalue weighted by Gasteiger charge is -2.23. The highest BCUT2D eigenvalue weighted by Gasteiger charge is 2.38. The smallest absolute Gasteiger partial charge is 0.423 e. The van der Waals surface area contributed by atoms with Gasteiger partial charge in [0.15, 0.2) is 0 Å². The van der Waals surface area contributed by atoms with E-state index in [9.17, 15) is 26.7 Å². The monoisotopic (exact) mass is 465 g/mol. The fourth-order valence-electron chi connectivity index (χ4n) is 2.79. The zero-order chi connectivity index (χ0) is 25.1. The molecule has 0 bridgehead atoms. The van der Waals surface area contributed by atoms with Crippen LogP contribution < -0.4 is 14.8 Å². The molecule has 1 aliphatic rings. The van der Waals surface area contributed by atoms with Crippen LogP contribution in [-0.2, 0) is 20.9 Å². The molecule has 3 rings (SSSR count). The molecule has 1 aromatic heterocycles. The molecule has 0 spiro atoms. The molecular weight excluding hydrogens is 441 g/mol. The van der Waals surface area contributed by atoms with Gasteiger partial charge in [-0.2, -0.15) is 18.2 Å². The van der Waals surface area contributed by atoms with Gasteiger partial charge in [0, 0.05) is 22.6 Å². The lowest BCUT2D eigenvalue weighted by atomic mass is 10.1. The Balaban J connectivity index is 1.83. The molecule has 0 amide bonds. The second-order valence-corrected chi connectivity index (χ2v) is 8.29. The van der Waals surface area contributed by atoms with Crippen LogP contribution in [0, 0.1) is 0 Å². The lowest BCUT2D eigenvalue weighted by Crippen LogP contribution is -2.34. The van der Waals surface area contributed by atoms with E-state index in [1.807, 2.05) is 0 Å². The molecule has 170 valence electrons. The number of hydrogen-bond donors (Lipinski definition) is 3. The van der Waals surface area contributed by atoms with Crippen molar-refractivity contribution in [1.82, 2.24) is 14.7 Å². The number of hydrogen-bond acceptors (Lipinski definition) is 8. The Bertz CT molecular complexity index is 1100. The van der Waals surface area contributed by atoms with E-state index in [0.717, 1.165) is 12.1 Å². The molecule has 3 N–H and O–H groups in total. The molecule has 2 heterocycles. The maximum atomic E-state index is 13.4. The third-order valence-corrected chi connectivity index (χ3v) is 5.53. The minimum Gasteiger partial charge on any atom is -0.471 e. The number of nitrogens with one attached hydrogen (secondary N) is 2. The molecule has 2 unspecified atom stereocenters. The molecule has 1 aromatic carbocycles. The van der Waals surface area contributed by atoms with Crippen LogP contribution in [0.2, 0.25) is 0 Å². The topological polar surface area (TPSA) is 123 Å². The Kier molecular flexibility index (Phi) is 5.79. The molecule has 2 atom stereocenters. The molecule has 1 fully saturated rings. The number of nitrogens with zero attached hydrogens (tertiary/aromatic N) is 2. The first-order chi connectivity index (χ1) is 15.7. The van der Waals surface area contributed by atoms with Crippen LogP contribution >= 0.6 is 0 Å². The minimum atomic E-state index is -4.81. The third-order valence-electron chi connectivity index (χ3n) is 4.37. The molecule has 2 aromatic rings. The van der Waals surface area contributed by atoms with Crippen molar-refractivity contribution in [3.63, 3.8) is 0 Å². The summed E-state index contributed by atoms with van der Waals surface area (Å²) in [4.78, 5) is 7.09. The molecule has 31 heavy (non-hydrogen) atoms. The van der Waals surface area contributed by atoms with Gasteiger partial charge in [0.05, 0.1) is 11.5 Å². The average molecular weight is 465 g/mol. The Morgan fingerprint density at radius 1 is 1.32 bits per heavy atom. The van der Waals surface area contributed by atoms with Gasteiger partial charge in [0.25, 0.3) is 0 Å². The largest absolute Gasteiger partial charge is 0.471 e. The fourth-order valence-corrected chi connectivity index (χ4v) is 3.40. The summed E-state index contributed by atoms with van der Waals surface area (Å²) >= 11 is 0. The van der Waals surface area contributed by atoms with E-state index in [-0.39, 0.29) is 29.6 Å². The van der Waals surface area contributed by atoms with Crippen molar-refractivity contribution in [1.29, 1.82) is 0 Å². The molecule has 1 aliphatic heterocycles. The van der Waals surface area contributed by atoms with Crippen LogP contribution in [0.1, 0.15) is 22.5 Å². The first-order valence-electron chi connectivity index (χ1n) is 10.5. The van der Waals surface area contributed by atoms with E-state index < -0.39 is 46.8 Å². The van der Waals surface area contributed by atoms with Crippen molar-refractivity contribution < 1.29 is 40.3 Å². The summed E-state index contributed by atoms with van der Waals surface area (Å²) in [5.41, 5.74) is -1.02. The number of aliphatic hydroxyl groups excluding tert-OH is 1.